The van der Waals surface area contributed by atoms with Crippen LogP contribution < -0.4 is 0 Å². The molecule has 0 unspecified atom stereocenters. The van der Waals surface area contributed by atoms with E-state index in [1.54, 1.807) is 6.92 Å². The molecular weight excluding hydrogens is 140 g/mol. The van der Waals surface area contributed by atoms with Gasteiger partial charge in [-0.15, -0.1) is 0 Å². The highest BCUT2D eigenvalue weighted by Gasteiger charge is 2.25. The molecule has 0 radical (unpaired) electrons. The van der Waals surface area contributed by atoms with Crippen LogP contribution in [0.1, 0.15) is 33.1 Å². The molecule has 2 nitrogen and oxygen atoms in total. The van der Waals surface area contributed by atoms with Gasteiger partial charge < -0.3 is 10.2 Å². The highest BCUT2D eigenvalue weighted by Crippen LogP contribution is 2.25. The minimum Gasteiger partial charge on any atom is -0.393 e. The van der Waals surface area contributed by atoms with E-state index in [0.29, 0.717) is 19.3 Å². The molecule has 11 heavy (non-hydrogen) atoms. The van der Waals surface area contributed by atoms with Crippen molar-refractivity contribution in [3.05, 3.63) is 11.6 Å². The normalized spacial score (nSPS) is 39.6. The first kappa shape index (κ1) is 8.75. The molecule has 1 rings (SSSR count). The molecule has 1 aliphatic carbocycles. The van der Waals surface area contributed by atoms with Crippen molar-refractivity contribution >= 4 is 0 Å². The fraction of sp³-hybridized carbons (Fsp3) is 0.778. The van der Waals surface area contributed by atoms with E-state index in [2.05, 4.69) is 0 Å². The van der Waals surface area contributed by atoms with E-state index in [9.17, 15) is 10.2 Å². The zero-order chi connectivity index (χ0) is 8.48. The Kier molecular flexibility index (Phi) is 2.35. The number of aliphatic hydroxyl groups is 2. The maximum absolute atomic E-state index is 9.64. The monoisotopic (exact) mass is 156 g/mol. The largest absolute Gasteiger partial charge is 0.393 e. The Morgan fingerprint density at radius 3 is 2.91 bits per heavy atom. The molecule has 0 heterocycles. The molecule has 0 aromatic carbocycles. The van der Waals surface area contributed by atoms with E-state index in [-0.39, 0.29) is 6.10 Å². The lowest BCUT2D eigenvalue weighted by Gasteiger charge is -2.21. The molecule has 0 amide bonds. The third kappa shape index (κ3) is 2.64. The van der Waals surface area contributed by atoms with Gasteiger partial charge in [-0.1, -0.05) is 11.6 Å². The third-order valence-electron chi connectivity index (χ3n) is 2.12. The molecule has 1 aliphatic rings. The van der Waals surface area contributed by atoms with Gasteiger partial charge in [0, 0.05) is 6.42 Å². The van der Waals surface area contributed by atoms with Crippen LogP contribution in [0.3, 0.4) is 0 Å². The van der Waals surface area contributed by atoms with Crippen LogP contribution in [0, 0.1) is 0 Å². The van der Waals surface area contributed by atoms with Crippen molar-refractivity contribution in [2.24, 2.45) is 0 Å². The maximum Gasteiger partial charge on any atom is 0.0678 e. The van der Waals surface area contributed by atoms with Gasteiger partial charge in [-0.3, -0.25) is 0 Å². The summed E-state index contributed by atoms with van der Waals surface area (Å²) in [5.41, 5.74) is 0.465. The molecule has 64 valence electrons. The SMILES string of the molecule is CC1=CC[C@@](C)(O)C[C@H](O)C1. The van der Waals surface area contributed by atoms with Crippen LogP contribution in [0.2, 0.25) is 0 Å². The van der Waals surface area contributed by atoms with Gasteiger partial charge in [0.25, 0.3) is 0 Å². The molecule has 0 spiro atoms. The summed E-state index contributed by atoms with van der Waals surface area (Å²) in [6.07, 6.45) is 3.49. The minimum atomic E-state index is -0.711. The summed E-state index contributed by atoms with van der Waals surface area (Å²) >= 11 is 0. The van der Waals surface area contributed by atoms with Crippen LogP contribution in [-0.4, -0.2) is 21.9 Å². The summed E-state index contributed by atoms with van der Waals surface area (Å²) in [6.45, 7) is 3.76. The van der Waals surface area contributed by atoms with Crippen molar-refractivity contribution < 1.29 is 10.2 Å². The fourth-order valence-corrected chi connectivity index (χ4v) is 1.51. The number of hydrogen-bond acceptors (Lipinski definition) is 2. The number of rotatable bonds is 0. The molecule has 2 N–H and O–H groups in total. The average molecular weight is 156 g/mol. The summed E-state index contributed by atoms with van der Waals surface area (Å²) < 4.78 is 0. The summed E-state index contributed by atoms with van der Waals surface area (Å²) in [7, 11) is 0. The topological polar surface area (TPSA) is 40.5 Å². The predicted octanol–water partition coefficient (Wildman–Crippen LogP) is 1.23. The molecular formula is C9H16O2. The molecule has 0 bridgehead atoms. The summed E-state index contributed by atoms with van der Waals surface area (Å²) in [6, 6.07) is 0. The van der Waals surface area contributed by atoms with Crippen molar-refractivity contribution in [3.63, 3.8) is 0 Å². The minimum absolute atomic E-state index is 0.372. The van der Waals surface area contributed by atoms with E-state index in [1.165, 1.54) is 5.57 Å². The van der Waals surface area contributed by atoms with Crippen molar-refractivity contribution in [1.29, 1.82) is 0 Å². The molecule has 2 heteroatoms. The molecule has 0 aromatic heterocycles. The van der Waals surface area contributed by atoms with Crippen molar-refractivity contribution in [2.75, 3.05) is 0 Å². The van der Waals surface area contributed by atoms with E-state index < -0.39 is 5.60 Å². The molecule has 0 saturated heterocycles. The lowest BCUT2D eigenvalue weighted by Crippen LogP contribution is -2.27. The second-order valence-corrected chi connectivity index (χ2v) is 3.81. The summed E-state index contributed by atoms with van der Waals surface area (Å²) in [5.74, 6) is 0. The Hall–Kier alpha value is -0.340. The van der Waals surface area contributed by atoms with Crippen LogP contribution >= 0.6 is 0 Å². The van der Waals surface area contributed by atoms with E-state index in [1.807, 2.05) is 13.0 Å². The second kappa shape index (κ2) is 2.95. The second-order valence-electron chi connectivity index (χ2n) is 3.81. The Morgan fingerprint density at radius 1 is 1.64 bits per heavy atom. The third-order valence-corrected chi connectivity index (χ3v) is 2.12. The summed E-state index contributed by atoms with van der Waals surface area (Å²) in [4.78, 5) is 0. The first-order chi connectivity index (χ1) is 4.99. The van der Waals surface area contributed by atoms with Gasteiger partial charge in [-0.05, 0) is 26.7 Å². The maximum atomic E-state index is 9.64. The van der Waals surface area contributed by atoms with Gasteiger partial charge >= 0.3 is 0 Å². The zero-order valence-corrected chi connectivity index (χ0v) is 7.17. The first-order valence-electron chi connectivity index (χ1n) is 4.06. The zero-order valence-electron chi connectivity index (χ0n) is 7.17. The lowest BCUT2D eigenvalue weighted by molar-refractivity contribution is 0.0105. The van der Waals surface area contributed by atoms with E-state index in [0.717, 1.165) is 0 Å². The molecule has 0 aromatic rings. The Bertz CT molecular complexity index is 170. The number of hydrogen-bond donors (Lipinski definition) is 2. The van der Waals surface area contributed by atoms with Gasteiger partial charge in [-0.2, -0.15) is 0 Å². The Balaban J connectivity index is 2.67. The van der Waals surface area contributed by atoms with Crippen molar-refractivity contribution in [2.45, 2.75) is 44.8 Å². The van der Waals surface area contributed by atoms with Gasteiger partial charge in [0.15, 0.2) is 0 Å². The van der Waals surface area contributed by atoms with E-state index >= 15 is 0 Å². The Morgan fingerprint density at radius 2 is 2.27 bits per heavy atom. The smallest absolute Gasteiger partial charge is 0.0678 e. The number of aliphatic hydroxyl groups excluding tert-OH is 1. The van der Waals surface area contributed by atoms with Gasteiger partial charge in [0.2, 0.25) is 0 Å². The van der Waals surface area contributed by atoms with Crippen LogP contribution in [0.25, 0.3) is 0 Å². The van der Waals surface area contributed by atoms with Crippen LogP contribution in [0.4, 0.5) is 0 Å². The van der Waals surface area contributed by atoms with Crippen molar-refractivity contribution in [1.82, 2.24) is 0 Å². The molecule has 0 fully saturated rings. The highest BCUT2D eigenvalue weighted by molar-refractivity contribution is 5.06. The van der Waals surface area contributed by atoms with E-state index in [4.69, 9.17) is 0 Å². The standard InChI is InChI=1S/C9H16O2/c1-7-3-4-9(2,11)6-8(10)5-7/h3,8,10-11H,4-6H2,1-2H3/t8-,9-/m1/s1. The van der Waals surface area contributed by atoms with Crippen LogP contribution in [0.15, 0.2) is 11.6 Å². The molecule has 2 atom stereocenters. The summed E-state index contributed by atoms with van der Waals surface area (Å²) in [5, 5.41) is 19.0. The lowest BCUT2D eigenvalue weighted by atomic mass is 9.96. The fourth-order valence-electron chi connectivity index (χ4n) is 1.51. The first-order valence-corrected chi connectivity index (χ1v) is 4.06. The van der Waals surface area contributed by atoms with Crippen LogP contribution in [0.5, 0.6) is 0 Å². The van der Waals surface area contributed by atoms with Gasteiger partial charge in [0.05, 0.1) is 11.7 Å². The Labute approximate surface area is 67.6 Å². The average Bonchev–Trinajstić information content (AvgIpc) is 1.90. The van der Waals surface area contributed by atoms with Crippen LogP contribution in [-0.2, 0) is 0 Å². The van der Waals surface area contributed by atoms with Gasteiger partial charge in [-0.25, -0.2) is 0 Å². The predicted molar refractivity (Wildman–Crippen MR) is 44.2 cm³/mol. The van der Waals surface area contributed by atoms with Gasteiger partial charge in [0.1, 0.15) is 0 Å². The van der Waals surface area contributed by atoms with Crippen molar-refractivity contribution in [3.8, 4) is 0 Å². The molecule has 0 aliphatic heterocycles. The quantitative estimate of drug-likeness (QED) is 0.518. The molecule has 0 saturated carbocycles. The highest BCUT2D eigenvalue weighted by atomic mass is 16.3.